The van der Waals surface area contributed by atoms with Crippen molar-refractivity contribution in [2.45, 2.75) is 13.3 Å². The van der Waals surface area contributed by atoms with Gasteiger partial charge in [-0.05, 0) is 24.7 Å². The van der Waals surface area contributed by atoms with E-state index in [1.54, 1.807) is 18.2 Å². The molecule has 1 rings (SSSR count). The molecule has 0 aromatic heterocycles. The van der Waals surface area contributed by atoms with Crippen molar-refractivity contribution in [2.24, 2.45) is 0 Å². The van der Waals surface area contributed by atoms with Gasteiger partial charge in [-0.15, -0.1) is 0 Å². The maximum Gasteiger partial charge on any atom is 0.165 e. The summed E-state index contributed by atoms with van der Waals surface area (Å²) in [6, 6.07) is 4.92. The number of halogens is 2. The molecule has 1 N–H and O–H groups in total. The highest BCUT2D eigenvalue weighted by Gasteiger charge is 2.10. The second kappa shape index (κ2) is 6.11. The van der Waals surface area contributed by atoms with Crippen LogP contribution in [-0.2, 0) is 0 Å². The zero-order valence-corrected chi connectivity index (χ0v) is 10.0. The Hall–Kier alpha value is -0.570. The fourth-order valence-electron chi connectivity index (χ4n) is 1.22. The van der Waals surface area contributed by atoms with Gasteiger partial charge < -0.3 is 5.32 Å². The fourth-order valence-corrected chi connectivity index (χ4v) is 1.62. The van der Waals surface area contributed by atoms with Crippen LogP contribution in [0.25, 0.3) is 0 Å². The highest BCUT2D eigenvalue weighted by molar-refractivity contribution is 6.35. The lowest BCUT2D eigenvalue weighted by atomic mass is 10.1. The van der Waals surface area contributed by atoms with Crippen LogP contribution in [0.5, 0.6) is 0 Å². The topological polar surface area (TPSA) is 29.1 Å². The van der Waals surface area contributed by atoms with Gasteiger partial charge in [0.2, 0.25) is 0 Å². The molecule has 0 aliphatic carbocycles. The summed E-state index contributed by atoms with van der Waals surface area (Å²) < 4.78 is 0. The van der Waals surface area contributed by atoms with Gasteiger partial charge in [0, 0.05) is 23.6 Å². The molecule has 82 valence electrons. The van der Waals surface area contributed by atoms with Gasteiger partial charge in [-0.3, -0.25) is 4.79 Å². The third kappa shape index (κ3) is 3.82. The van der Waals surface area contributed by atoms with Gasteiger partial charge in [0.05, 0.1) is 5.02 Å². The minimum absolute atomic E-state index is 0.0171. The minimum atomic E-state index is 0.0171. The van der Waals surface area contributed by atoms with Crippen LogP contribution in [0.15, 0.2) is 18.2 Å². The third-order valence-electron chi connectivity index (χ3n) is 2.01. The molecule has 0 fully saturated rings. The largest absolute Gasteiger partial charge is 0.317 e. The SMILES string of the molecule is CCNCCC(=O)c1cc(Cl)ccc1Cl. The van der Waals surface area contributed by atoms with Gasteiger partial charge in [-0.25, -0.2) is 0 Å². The van der Waals surface area contributed by atoms with Crippen LogP contribution < -0.4 is 5.32 Å². The molecule has 0 saturated heterocycles. The summed E-state index contributed by atoms with van der Waals surface area (Å²) in [5.74, 6) is 0.0171. The zero-order chi connectivity index (χ0) is 11.3. The van der Waals surface area contributed by atoms with Crippen LogP contribution in [0.3, 0.4) is 0 Å². The first-order valence-corrected chi connectivity index (χ1v) is 5.59. The van der Waals surface area contributed by atoms with Crippen molar-refractivity contribution in [3.8, 4) is 0 Å². The standard InChI is InChI=1S/C11H13Cl2NO/c1-2-14-6-5-11(15)9-7-8(12)3-4-10(9)13/h3-4,7,14H,2,5-6H2,1H3. The van der Waals surface area contributed by atoms with Gasteiger partial charge in [-0.2, -0.15) is 0 Å². The van der Waals surface area contributed by atoms with Crippen molar-refractivity contribution in [3.05, 3.63) is 33.8 Å². The predicted octanol–water partition coefficient (Wildman–Crippen LogP) is 3.18. The predicted molar refractivity (Wildman–Crippen MR) is 64.0 cm³/mol. The van der Waals surface area contributed by atoms with Crippen molar-refractivity contribution < 1.29 is 4.79 Å². The van der Waals surface area contributed by atoms with Crippen molar-refractivity contribution in [3.63, 3.8) is 0 Å². The highest BCUT2D eigenvalue weighted by Crippen LogP contribution is 2.21. The molecule has 0 unspecified atom stereocenters. The Labute approximate surface area is 99.6 Å². The molecule has 0 aliphatic rings. The van der Waals surface area contributed by atoms with Crippen LogP contribution in [0, 0.1) is 0 Å². The van der Waals surface area contributed by atoms with E-state index in [1.165, 1.54) is 0 Å². The van der Waals surface area contributed by atoms with Crippen molar-refractivity contribution in [1.82, 2.24) is 5.32 Å². The van der Waals surface area contributed by atoms with Crippen LogP contribution in [0.1, 0.15) is 23.7 Å². The summed E-state index contributed by atoms with van der Waals surface area (Å²) >= 11 is 11.7. The Bertz CT molecular complexity index is 352. The van der Waals surface area contributed by atoms with E-state index < -0.39 is 0 Å². The van der Waals surface area contributed by atoms with Crippen LogP contribution >= 0.6 is 23.2 Å². The van der Waals surface area contributed by atoms with Gasteiger partial charge in [-0.1, -0.05) is 30.1 Å². The van der Waals surface area contributed by atoms with Crippen LogP contribution in [-0.4, -0.2) is 18.9 Å². The van der Waals surface area contributed by atoms with Gasteiger partial charge >= 0.3 is 0 Å². The smallest absolute Gasteiger partial charge is 0.165 e. The minimum Gasteiger partial charge on any atom is -0.317 e. The van der Waals surface area contributed by atoms with Crippen molar-refractivity contribution in [1.29, 1.82) is 0 Å². The monoisotopic (exact) mass is 245 g/mol. The number of Topliss-reactive ketones (excluding diaryl/α,β-unsaturated/α-hetero) is 1. The van der Waals surface area contributed by atoms with Gasteiger partial charge in [0.25, 0.3) is 0 Å². The van der Waals surface area contributed by atoms with E-state index in [1.807, 2.05) is 6.92 Å². The van der Waals surface area contributed by atoms with Gasteiger partial charge in [0.1, 0.15) is 0 Å². The Morgan fingerprint density at radius 2 is 2.13 bits per heavy atom. The summed E-state index contributed by atoms with van der Waals surface area (Å²) in [4.78, 5) is 11.7. The molecule has 0 radical (unpaired) electrons. The second-order valence-corrected chi connectivity index (χ2v) is 3.99. The lowest BCUT2D eigenvalue weighted by Gasteiger charge is -2.04. The molecule has 0 atom stereocenters. The van der Waals surface area contributed by atoms with Crippen LogP contribution in [0.4, 0.5) is 0 Å². The Kier molecular flexibility index (Phi) is 5.09. The average Bonchev–Trinajstić information content (AvgIpc) is 2.22. The molecule has 0 aliphatic heterocycles. The van der Waals surface area contributed by atoms with E-state index in [9.17, 15) is 4.79 Å². The normalized spacial score (nSPS) is 10.3. The summed E-state index contributed by atoms with van der Waals surface area (Å²) in [5, 5.41) is 4.08. The summed E-state index contributed by atoms with van der Waals surface area (Å²) in [5.41, 5.74) is 0.502. The molecule has 2 nitrogen and oxygen atoms in total. The van der Waals surface area contributed by atoms with E-state index >= 15 is 0 Å². The highest BCUT2D eigenvalue weighted by atomic mass is 35.5. The number of nitrogens with one attached hydrogen (secondary N) is 1. The van der Waals surface area contributed by atoms with E-state index in [4.69, 9.17) is 23.2 Å². The Balaban J connectivity index is 2.68. The molecule has 0 spiro atoms. The maximum atomic E-state index is 11.7. The quantitative estimate of drug-likeness (QED) is 0.638. The van der Waals surface area contributed by atoms with E-state index in [2.05, 4.69) is 5.32 Å². The molecule has 1 aromatic carbocycles. The number of benzene rings is 1. The maximum absolute atomic E-state index is 11.7. The third-order valence-corrected chi connectivity index (χ3v) is 2.57. The first-order chi connectivity index (χ1) is 7.15. The number of ketones is 1. The summed E-state index contributed by atoms with van der Waals surface area (Å²) in [6.07, 6.45) is 0.438. The Morgan fingerprint density at radius 1 is 1.40 bits per heavy atom. The summed E-state index contributed by atoms with van der Waals surface area (Å²) in [6.45, 7) is 3.52. The number of hydrogen-bond donors (Lipinski definition) is 1. The van der Waals surface area contributed by atoms with E-state index in [0.717, 1.165) is 6.54 Å². The molecular formula is C11H13Cl2NO. The van der Waals surface area contributed by atoms with Crippen molar-refractivity contribution in [2.75, 3.05) is 13.1 Å². The molecule has 1 aromatic rings. The van der Waals surface area contributed by atoms with E-state index in [-0.39, 0.29) is 5.78 Å². The number of carbonyl (C=O) groups excluding carboxylic acids is 1. The first-order valence-electron chi connectivity index (χ1n) is 4.84. The molecule has 0 saturated carbocycles. The summed E-state index contributed by atoms with van der Waals surface area (Å²) in [7, 11) is 0. The Morgan fingerprint density at radius 3 is 2.80 bits per heavy atom. The molecule has 15 heavy (non-hydrogen) atoms. The molecule has 0 amide bonds. The van der Waals surface area contributed by atoms with E-state index in [0.29, 0.717) is 28.6 Å². The first kappa shape index (κ1) is 12.5. The fraction of sp³-hybridized carbons (Fsp3) is 0.364. The molecule has 0 bridgehead atoms. The molecule has 4 heteroatoms. The average molecular weight is 246 g/mol. The van der Waals surface area contributed by atoms with Crippen LogP contribution in [0.2, 0.25) is 10.0 Å². The van der Waals surface area contributed by atoms with Crippen molar-refractivity contribution >= 4 is 29.0 Å². The zero-order valence-electron chi connectivity index (χ0n) is 8.52. The number of hydrogen-bond acceptors (Lipinski definition) is 2. The number of carbonyl (C=O) groups is 1. The molecular weight excluding hydrogens is 233 g/mol. The lowest BCUT2D eigenvalue weighted by Crippen LogP contribution is -2.17. The lowest BCUT2D eigenvalue weighted by molar-refractivity contribution is 0.0983. The second-order valence-electron chi connectivity index (χ2n) is 3.15. The molecule has 0 heterocycles. The number of rotatable bonds is 5. The van der Waals surface area contributed by atoms with Gasteiger partial charge in [0.15, 0.2) is 5.78 Å².